The molecule has 1 N–H and O–H groups in total. The first-order chi connectivity index (χ1) is 6.86. The molecule has 2 heterocycles. The third-order valence-corrected chi connectivity index (χ3v) is 1.99. The fourth-order valence-corrected chi connectivity index (χ4v) is 1.31. The number of carbonyl (C=O) groups excluding carboxylic acids is 1. The van der Waals surface area contributed by atoms with Crippen LogP contribution < -0.4 is 5.32 Å². The molecule has 1 amide bonds. The summed E-state index contributed by atoms with van der Waals surface area (Å²) in [6.45, 7) is 0. The van der Waals surface area contributed by atoms with Crippen LogP contribution in [0, 0.1) is 0 Å². The van der Waals surface area contributed by atoms with Gasteiger partial charge in [0.05, 0.1) is 29.8 Å². The van der Waals surface area contributed by atoms with E-state index in [1.807, 2.05) is 0 Å². The van der Waals surface area contributed by atoms with Crippen molar-refractivity contribution in [2.24, 2.45) is 0 Å². The van der Waals surface area contributed by atoms with Crippen molar-refractivity contribution in [2.45, 2.75) is 0 Å². The Bertz CT molecular complexity index is 414. The number of hydrogen-bond acceptors (Lipinski definition) is 5. The molecule has 0 aromatic carbocycles. The van der Waals surface area contributed by atoms with Gasteiger partial charge in [-0.15, -0.1) is 0 Å². The van der Waals surface area contributed by atoms with E-state index in [1.165, 1.54) is 6.20 Å². The van der Waals surface area contributed by atoms with Crippen LogP contribution in [-0.4, -0.2) is 19.6 Å². The van der Waals surface area contributed by atoms with Gasteiger partial charge in [0, 0.05) is 6.20 Å². The van der Waals surface area contributed by atoms with Gasteiger partial charge < -0.3 is 5.32 Å². The molecule has 0 aliphatic heterocycles. The van der Waals surface area contributed by atoms with E-state index in [0.29, 0.717) is 11.4 Å². The highest BCUT2D eigenvalue weighted by Gasteiger charge is 2.08. The maximum Gasteiger partial charge on any atom is 0.277 e. The smallest absolute Gasteiger partial charge is 0.277 e. The van der Waals surface area contributed by atoms with Gasteiger partial charge in [-0.25, -0.2) is 0 Å². The topological polar surface area (TPSA) is 67.8 Å². The summed E-state index contributed by atoms with van der Waals surface area (Å²) in [5.41, 5.74) is 0.962. The fraction of sp³-hybridized carbons (Fsp3) is 0. The van der Waals surface area contributed by atoms with Crippen LogP contribution in [-0.2, 0) is 0 Å². The van der Waals surface area contributed by atoms with Crippen molar-refractivity contribution in [2.75, 3.05) is 5.32 Å². The summed E-state index contributed by atoms with van der Waals surface area (Å²) < 4.78 is 7.55. The lowest BCUT2D eigenvalue weighted by molar-refractivity contribution is 0.102. The van der Waals surface area contributed by atoms with E-state index in [9.17, 15) is 4.79 Å². The Morgan fingerprint density at radius 2 is 2.36 bits per heavy atom. The van der Waals surface area contributed by atoms with Gasteiger partial charge in [0.2, 0.25) is 0 Å². The SMILES string of the molecule is O=C(Nc1cccnc1)c1cnsn1. The zero-order valence-corrected chi connectivity index (χ0v) is 7.86. The highest BCUT2D eigenvalue weighted by Crippen LogP contribution is 2.05. The predicted molar refractivity (Wildman–Crippen MR) is 52.1 cm³/mol. The van der Waals surface area contributed by atoms with Gasteiger partial charge in [-0.2, -0.15) is 8.75 Å². The van der Waals surface area contributed by atoms with Gasteiger partial charge in [0.15, 0.2) is 5.69 Å². The Morgan fingerprint density at radius 1 is 1.43 bits per heavy atom. The number of amides is 1. The number of pyridine rings is 1. The molecule has 0 fully saturated rings. The molecule has 2 aromatic rings. The largest absolute Gasteiger partial charge is 0.319 e. The first kappa shape index (κ1) is 8.76. The molecule has 5 nitrogen and oxygen atoms in total. The van der Waals surface area contributed by atoms with Crippen LogP contribution in [0.1, 0.15) is 10.5 Å². The third kappa shape index (κ3) is 1.91. The molecule has 2 rings (SSSR count). The Balaban J connectivity index is 2.10. The van der Waals surface area contributed by atoms with E-state index in [0.717, 1.165) is 11.7 Å². The second-order valence-corrected chi connectivity index (χ2v) is 3.05. The molecule has 0 atom stereocenters. The number of aromatic nitrogens is 3. The first-order valence-electron chi connectivity index (χ1n) is 3.85. The standard InChI is InChI=1S/C8H6N4OS/c13-8(7-5-10-14-12-7)11-6-2-1-3-9-4-6/h1-5H,(H,11,13). The zero-order valence-electron chi connectivity index (χ0n) is 7.04. The number of nitrogens with zero attached hydrogens (tertiary/aromatic N) is 3. The molecule has 70 valence electrons. The minimum absolute atomic E-state index is 0.272. The van der Waals surface area contributed by atoms with Crippen molar-refractivity contribution < 1.29 is 4.79 Å². The third-order valence-electron chi connectivity index (χ3n) is 1.51. The monoisotopic (exact) mass is 206 g/mol. The van der Waals surface area contributed by atoms with E-state index in [1.54, 1.807) is 24.5 Å². The molecule has 6 heteroatoms. The molecule has 14 heavy (non-hydrogen) atoms. The summed E-state index contributed by atoms with van der Waals surface area (Å²) in [5.74, 6) is -0.272. The minimum atomic E-state index is -0.272. The molecule has 0 saturated heterocycles. The number of anilines is 1. The maximum absolute atomic E-state index is 11.4. The lowest BCUT2D eigenvalue weighted by Crippen LogP contribution is -2.11. The van der Waals surface area contributed by atoms with Crippen molar-refractivity contribution in [3.05, 3.63) is 36.4 Å². The summed E-state index contributed by atoms with van der Waals surface area (Å²) in [6, 6.07) is 3.50. The number of carbonyl (C=O) groups is 1. The van der Waals surface area contributed by atoms with Crippen LogP contribution in [0.3, 0.4) is 0 Å². The van der Waals surface area contributed by atoms with Crippen molar-refractivity contribution in [3.8, 4) is 0 Å². The summed E-state index contributed by atoms with van der Waals surface area (Å²) in [5, 5.41) is 2.65. The lowest BCUT2D eigenvalue weighted by atomic mass is 10.4. The van der Waals surface area contributed by atoms with E-state index >= 15 is 0 Å². The molecular weight excluding hydrogens is 200 g/mol. The Labute approximate surface area is 84.1 Å². The highest BCUT2D eigenvalue weighted by atomic mass is 32.1. The highest BCUT2D eigenvalue weighted by molar-refractivity contribution is 6.99. The molecule has 0 unspecified atom stereocenters. The Hall–Kier alpha value is -1.82. The van der Waals surface area contributed by atoms with Gasteiger partial charge in [-0.3, -0.25) is 9.78 Å². The summed E-state index contributed by atoms with van der Waals surface area (Å²) in [7, 11) is 0. The van der Waals surface area contributed by atoms with Crippen molar-refractivity contribution in [3.63, 3.8) is 0 Å². The average molecular weight is 206 g/mol. The molecule has 0 saturated carbocycles. The first-order valence-corrected chi connectivity index (χ1v) is 4.58. The molecule has 0 aliphatic rings. The van der Waals surface area contributed by atoms with Gasteiger partial charge in [0.1, 0.15) is 0 Å². The lowest BCUT2D eigenvalue weighted by Gasteiger charge is -2.00. The van der Waals surface area contributed by atoms with E-state index in [4.69, 9.17) is 0 Å². The van der Waals surface area contributed by atoms with Crippen LogP contribution in [0.15, 0.2) is 30.7 Å². The second kappa shape index (κ2) is 3.93. The van der Waals surface area contributed by atoms with Gasteiger partial charge in [-0.05, 0) is 12.1 Å². The zero-order chi connectivity index (χ0) is 9.80. The second-order valence-electron chi connectivity index (χ2n) is 2.49. The van der Waals surface area contributed by atoms with E-state index in [2.05, 4.69) is 19.0 Å². The van der Waals surface area contributed by atoms with Crippen LogP contribution in [0.2, 0.25) is 0 Å². The number of rotatable bonds is 2. The van der Waals surface area contributed by atoms with Crippen molar-refractivity contribution >= 4 is 23.3 Å². The van der Waals surface area contributed by atoms with Gasteiger partial charge >= 0.3 is 0 Å². The summed E-state index contributed by atoms with van der Waals surface area (Å²) >= 11 is 1.00. The summed E-state index contributed by atoms with van der Waals surface area (Å²) in [4.78, 5) is 15.3. The van der Waals surface area contributed by atoms with Gasteiger partial charge in [0.25, 0.3) is 5.91 Å². The average Bonchev–Trinajstić information content (AvgIpc) is 2.72. The molecule has 0 radical (unpaired) electrons. The maximum atomic E-state index is 11.4. The Morgan fingerprint density at radius 3 is 3.00 bits per heavy atom. The molecule has 0 bridgehead atoms. The van der Waals surface area contributed by atoms with Crippen LogP contribution >= 0.6 is 11.7 Å². The van der Waals surface area contributed by atoms with Crippen LogP contribution in [0.25, 0.3) is 0 Å². The van der Waals surface area contributed by atoms with Crippen molar-refractivity contribution in [1.82, 2.24) is 13.7 Å². The van der Waals surface area contributed by atoms with E-state index < -0.39 is 0 Å². The molecule has 0 spiro atoms. The van der Waals surface area contributed by atoms with E-state index in [-0.39, 0.29) is 5.91 Å². The fourth-order valence-electron chi connectivity index (χ4n) is 0.897. The van der Waals surface area contributed by atoms with Crippen LogP contribution in [0.4, 0.5) is 5.69 Å². The van der Waals surface area contributed by atoms with Gasteiger partial charge in [-0.1, -0.05) is 0 Å². The molecule has 2 aromatic heterocycles. The van der Waals surface area contributed by atoms with Crippen LogP contribution in [0.5, 0.6) is 0 Å². The Kier molecular flexibility index (Phi) is 2.46. The predicted octanol–water partition coefficient (Wildman–Crippen LogP) is 1.19. The molecular formula is C8H6N4OS. The number of nitrogens with one attached hydrogen (secondary N) is 1. The minimum Gasteiger partial charge on any atom is -0.319 e. The molecule has 0 aliphatic carbocycles. The number of hydrogen-bond donors (Lipinski definition) is 1. The quantitative estimate of drug-likeness (QED) is 0.801. The van der Waals surface area contributed by atoms with Crippen molar-refractivity contribution in [1.29, 1.82) is 0 Å². The normalized spacial score (nSPS) is 9.71. The summed E-state index contributed by atoms with van der Waals surface area (Å²) in [6.07, 6.45) is 4.63.